The number of hydrogen-bond donors (Lipinski definition) is 1. The molecule has 0 unspecified atom stereocenters. The van der Waals surface area contributed by atoms with Crippen LogP contribution in [0.5, 0.6) is 0 Å². The smallest absolute Gasteiger partial charge is 0.0543 e. The molecule has 0 amide bonds. The maximum absolute atomic E-state index is 6.02. The van der Waals surface area contributed by atoms with Gasteiger partial charge in [0, 0.05) is 16.3 Å². The molecule has 0 atom stereocenters. The minimum Gasteiger partial charge on any atom is -0.399 e. The summed E-state index contributed by atoms with van der Waals surface area (Å²) in [6, 6.07) is 5.66. The van der Waals surface area contributed by atoms with Crippen molar-refractivity contribution < 1.29 is 0 Å². The number of benzene rings is 1. The van der Waals surface area contributed by atoms with E-state index in [0.717, 1.165) is 21.5 Å². The van der Waals surface area contributed by atoms with E-state index in [1.807, 2.05) is 30.0 Å². The summed E-state index contributed by atoms with van der Waals surface area (Å²) in [4.78, 5) is 1.12. The minimum absolute atomic E-state index is 0.794. The van der Waals surface area contributed by atoms with Crippen molar-refractivity contribution in [3.63, 3.8) is 0 Å². The van der Waals surface area contributed by atoms with Gasteiger partial charge in [-0.05, 0) is 37.0 Å². The van der Waals surface area contributed by atoms with Crippen molar-refractivity contribution >= 4 is 29.1 Å². The Labute approximate surface area is 87.7 Å². The van der Waals surface area contributed by atoms with Crippen molar-refractivity contribution in [1.29, 1.82) is 0 Å². The SMILES string of the molecule is Nc1ccc(Cl)c(SCC2CC2)c1. The van der Waals surface area contributed by atoms with Crippen LogP contribution in [0, 0.1) is 5.92 Å². The molecule has 0 aromatic heterocycles. The zero-order chi connectivity index (χ0) is 9.26. The Morgan fingerprint density at radius 1 is 1.46 bits per heavy atom. The molecule has 1 fully saturated rings. The molecule has 0 aliphatic heterocycles. The molecule has 3 heteroatoms. The molecule has 0 saturated heterocycles. The van der Waals surface area contributed by atoms with Gasteiger partial charge in [0.05, 0.1) is 5.02 Å². The summed E-state index contributed by atoms with van der Waals surface area (Å²) in [5.41, 5.74) is 6.47. The fraction of sp³-hybridized carbons (Fsp3) is 0.400. The monoisotopic (exact) mass is 213 g/mol. The third kappa shape index (κ3) is 2.55. The van der Waals surface area contributed by atoms with Crippen LogP contribution in [0.1, 0.15) is 12.8 Å². The van der Waals surface area contributed by atoms with Gasteiger partial charge in [-0.1, -0.05) is 11.6 Å². The van der Waals surface area contributed by atoms with Gasteiger partial charge in [0.25, 0.3) is 0 Å². The topological polar surface area (TPSA) is 26.0 Å². The quantitative estimate of drug-likeness (QED) is 0.615. The van der Waals surface area contributed by atoms with Crippen LogP contribution in [-0.4, -0.2) is 5.75 Å². The summed E-state index contributed by atoms with van der Waals surface area (Å²) in [6.07, 6.45) is 2.76. The van der Waals surface area contributed by atoms with Gasteiger partial charge in [-0.2, -0.15) is 0 Å². The number of thioether (sulfide) groups is 1. The van der Waals surface area contributed by atoms with Gasteiger partial charge in [0.15, 0.2) is 0 Å². The molecule has 13 heavy (non-hydrogen) atoms. The maximum atomic E-state index is 6.02. The van der Waals surface area contributed by atoms with E-state index >= 15 is 0 Å². The summed E-state index contributed by atoms with van der Waals surface area (Å²) < 4.78 is 0. The molecule has 1 aliphatic rings. The first-order valence-electron chi connectivity index (χ1n) is 4.43. The van der Waals surface area contributed by atoms with E-state index in [1.54, 1.807) is 0 Å². The average molecular weight is 214 g/mol. The highest BCUT2D eigenvalue weighted by atomic mass is 35.5. The van der Waals surface area contributed by atoms with Gasteiger partial charge >= 0.3 is 0 Å². The van der Waals surface area contributed by atoms with Crippen molar-refractivity contribution in [2.75, 3.05) is 11.5 Å². The molecular formula is C10H12ClNS. The van der Waals surface area contributed by atoms with Crippen LogP contribution in [0.3, 0.4) is 0 Å². The second-order valence-corrected chi connectivity index (χ2v) is 4.91. The Hall–Kier alpha value is -0.340. The number of anilines is 1. The molecule has 2 rings (SSSR count). The van der Waals surface area contributed by atoms with E-state index < -0.39 is 0 Å². The van der Waals surface area contributed by atoms with E-state index in [2.05, 4.69) is 0 Å². The molecule has 70 valence electrons. The van der Waals surface area contributed by atoms with Gasteiger partial charge in [-0.3, -0.25) is 0 Å². The lowest BCUT2D eigenvalue weighted by Gasteiger charge is -2.03. The molecule has 0 bridgehead atoms. The lowest BCUT2D eigenvalue weighted by molar-refractivity contribution is 1.000. The van der Waals surface area contributed by atoms with Crippen LogP contribution < -0.4 is 5.73 Å². The van der Waals surface area contributed by atoms with E-state index in [9.17, 15) is 0 Å². The Bertz CT molecular complexity index is 310. The molecule has 0 spiro atoms. The molecular weight excluding hydrogens is 202 g/mol. The first-order chi connectivity index (χ1) is 6.25. The normalized spacial score (nSPS) is 16.1. The predicted molar refractivity (Wildman–Crippen MR) is 59.3 cm³/mol. The number of halogens is 1. The van der Waals surface area contributed by atoms with E-state index in [-0.39, 0.29) is 0 Å². The summed E-state index contributed by atoms with van der Waals surface area (Å²) in [5, 5.41) is 0.819. The summed E-state index contributed by atoms with van der Waals surface area (Å²) in [7, 11) is 0. The predicted octanol–water partition coefficient (Wildman–Crippen LogP) is 3.42. The van der Waals surface area contributed by atoms with Crippen LogP contribution in [0.25, 0.3) is 0 Å². The minimum atomic E-state index is 0.794. The van der Waals surface area contributed by atoms with Gasteiger partial charge in [-0.25, -0.2) is 0 Å². The highest BCUT2D eigenvalue weighted by Gasteiger charge is 2.21. The molecule has 1 saturated carbocycles. The number of hydrogen-bond acceptors (Lipinski definition) is 2. The molecule has 1 aliphatic carbocycles. The third-order valence-corrected chi connectivity index (χ3v) is 3.86. The Balaban J connectivity index is 2.03. The lowest BCUT2D eigenvalue weighted by atomic mass is 10.3. The van der Waals surface area contributed by atoms with E-state index in [1.165, 1.54) is 18.6 Å². The molecule has 1 aromatic rings. The Morgan fingerprint density at radius 3 is 2.92 bits per heavy atom. The van der Waals surface area contributed by atoms with E-state index in [4.69, 9.17) is 17.3 Å². The second-order valence-electron chi connectivity index (χ2n) is 3.44. The third-order valence-electron chi connectivity index (χ3n) is 2.13. The fourth-order valence-corrected chi connectivity index (χ4v) is 2.58. The fourth-order valence-electron chi connectivity index (χ4n) is 1.12. The van der Waals surface area contributed by atoms with Crippen molar-refractivity contribution in [2.45, 2.75) is 17.7 Å². The standard InChI is InChI=1S/C10H12ClNS/c11-9-4-3-8(12)5-10(9)13-6-7-1-2-7/h3-5,7H,1-2,6,12H2. The van der Waals surface area contributed by atoms with Gasteiger partial charge in [-0.15, -0.1) is 11.8 Å². The summed E-state index contributed by atoms with van der Waals surface area (Å²) in [5.74, 6) is 2.10. The Kier molecular flexibility index (Phi) is 2.70. The first-order valence-corrected chi connectivity index (χ1v) is 5.80. The summed E-state index contributed by atoms with van der Waals surface area (Å²) >= 11 is 7.84. The summed E-state index contributed by atoms with van der Waals surface area (Å²) in [6.45, 7) is 0. The molecule has 2 N–H and O–H groups in total. The van der Waals surface area contributed by atoms with Crippen molar-refractivity contribution in [3.05, 3.63) is 23.2 Å². The van der Waals surface area contributed by atoms with Crippen molar-refractivity contribution in [1.82, 2.24) is 0 Å². The second kappa shape index (κ2) is 3.81. The zero-order valence-corrected chi connectivity index (χ0v) is 8.87. The van der Waals surface area contributed by atoms with Gasteiger partial charge < -0.3 is 5.73 Å². The van der Waals surface area contributed by atoms with Crippen LogP contribution in [0.4, 0.5) is 5.69 Å². The molecule has 1 nitrogen and oxygen atoms in total. The molecule has 0 heterocycles. The average Bonchev–Trinajstić information content (AvgIpc) is 2.90. The number of nitrogens with two attached hydrogens (primary N) is 1. The van der Waals surface area contributed by atoms with Crippen molar-refractivity contribution in [2.24, 2.45) is 5.92 Å². The van der Waals surface area contributed by atoms with E-state index in [0.29, 0.717) is 0 Å². The maximum Gasteiger partial charge on any atom is 0.0543 e. The first kappa shape index (κ1) is 9.22. The van der Waals surface area contributed by atoms with Crippen molar-refractivity contribution in [3.8, 4) is 0 Å². The van der Waals surface area contributed by atoms with Gasteiger partial charge in [0.2, 0.25) is 0 Å². The van der Waals surface area contributed by atoms with Crippen LogP contribution in [0.2, 0.25) is 5.02 Å². The highest BCUT2D eigenvalue weighted by Crippen LogP contribution is 2.37. The largest absolute Gasteiger partial charge is 0.399 e. The Morgan fingerprint density at radius 2 is 2.23 bits per heavy atom. The number of nitrogen functional groups attached to an aromatic ring is 1. The van der Waals surface area contributed by atoms with Crippen LogP contribution in [-0.2, 0) is 0 Å². The molecule has 0 radical (unpaired) electrons. The highest BCUT2D eigenvalue weighted by molar-refractivity contribution is 7.99. The van der Waals surface area contributed by atoms with Crippen LogP contribution >= 0.6 is 23.4 Å². The number of rotatable bonds is 3. The van der Waals surface area contributed by atoms with Gasteiger partial charge in [0.1, 0.15) is 0 Å². The lowest BCUT2D eigenvalue weighted by Crippen LogP contribution is -1.87. The molecule has 1 aromatic carbocycles. The van der Waals surface area contributed by atoms with Crippen LogP contribution in [0.15, 0.2) is 23.1 Å². The zero-order valence-electron chi connectivity index (χ0n) is 7.29.